The number of amides is 2. The van der Waals surface area contributed by atoms with E-state index in [1.807, 2.05) is 13.1 Å². The van der Waals surface area contributed by atoms with Crippen LogP contribution in [0.5, 0.6) is 0 Å². The van der Waals surface area contributed by atoms with Crippen LogP contribution in [-0.4, -0.2) is 14.3 Å². The normalized spacial score (nSPS) is 10.6. The summed E-state index contributed by atoms with van der Waals surface area (Å²) in [6.45, 7) is 7.32. The van der Waals surface area contributed by atoms with Crippen molar-refractivity contribution in [1.29, 1.82) is 0 Å². The number of nitrogens with one attached hydrogen (secondary N) is 1. The fourth-order valence-electron chi connectivity index (χ4n) is 0.223. The number of primary amides is 1. The van der Waals surface area contributed by atoms with Gasteiger partial charge in [0.1, 0.15) is 0 Å². The fourth-order valence-corrected chi connectivity index (χ4v) is 0.670. The maximum Gasteiger partial charge on any atom is 0.335 e. The van der Waals surface area contributed by atoms with Gasteiger partial charge in [-0.2, -0.15) is 0 Å². The molecular weight excluding hydrogens is 148 g/mol. The summed E-state index contributed by atoms with van der Waals surface area (Å²) >= 11 is 0. The molecule has 0 aromatic rings. The molecule has 0 aromatic heterocycles. The van der Waals surface area contributed by atoms with Gasteiger partial charge in [0.25, 0.3) is 0 Å². The molecule has 0 rings (SSSR count). The first kappa shape index (κ1) is 9.19. The molecule has 3 N–H and O–H groups in total. The standard InChI is InChI=1S/C5H12N2O2Si/c1-4-10(2,3)9-7-5(6)8/h4H,1H2,2-3H3,(H3,6,7,8). The summed E-state index contributed by atoms with van der Waals surface area (Å²) < 4.78 is 4.94. The van der Waals surface area contributed by atoms with Gasteiger partial charge in [0.05, 0.1) is 0 Å². The Morgan fingerprint density at radius 2 is 2.30 bits per heavy atom. The van der Waals surface area contributed by atoms with Crippen molar-refractivity contribution in [3.8, 4) is 0 Å². The molecule has 4 nitrogen and oxygen atoms in total. The minimum Gasteiger partial charge on any atom is -0.350 e. The van der Waals surface area contributed by atoms with Crippen molar-refractivity contribution in [1.82, 2.24) is 5.48 Å². The Labute approximate surface area is 61.1 Å². The highest BCUT2D eigenvalue weighted by Crippen LogP contribution is 2.01. The third-order valence-electron chi connectivity index (χ3n) is 0.906. The van der Waals surface area contributed by atoms with Crippen molar-refractivity contribution in [3.63, 3.8) is 0 Å². The summed E-state index contributed by atoms with van der Waals surface area (Å²) in [4.78, 5) is 10.1. The quantitative estimate of drug-likeness (QED) is 0.467. The van der Waals surface area contributed by atoms with Gasteiger partial charge in [-0.15, -0.1) is 6.58 Å². The number of hydrogen-bond acceptors (Lipinski definition) is 2. The lowest BCUT2D eigenvalue weighted by molar-refractivity contribution is 0.182. The highest BCUT2D eigenvalue weighted by Gasteiger charge is 2.18. The number of urea groups is 1. The van der Waals surface area contributed by atoms with Gasteiger partial charge in [0, 0.05) is 0 Å². The molecule has 2 amide bonds. The minimum absolute atomic E-state index is 0.678. The van der Waals surface area contributed by atoms with Gasteiger partial charge in [0.15, 0.2) is 0 Å². The number of hydrogen-bond donors (Lipinski definition) is 2. The second-order valence-corrected chi connectivity index (χ2v) is 6.20. The van der Waals surface area contributed by atoms with E-state index in [-0.39, 0.29) is 0 Å². The van der Waals surface area contributed by atoms with E-state index in [4.69, 9.17) is 10.3 Å². The van der Waals surface area contributed by atoms with Crippen LogP contribution in [0.25, 0.3) is 0 Å². The summed E-state index contributed by atoms with van der Waals surface area (Å²) in [6, 6.07) is -0.678. The second kappa shape index (κ2) is 3.38. The lowest BCUT2D eigenvalue weighted by atomic mass is 11.2. The molecule has 58 valence electrons. The maximum atomic E-state index is 10.1. The van der Waals surface area contributed by atoms with E-state index in [2.05, 4.69) is 12.1 Å². The summed E-state index contributed by atoms with van der Waals surface area (Å²) in [6.07, 6.45) is 0. The van der Waals surface area contributed by atoms with Crippen molar-refractivity contribution < 1.29 is 9.32 Å². The van der Waals surface area contributed by atoms with E-state index in [0.29, 0.717) is 0 Å². The average Bonchev–Trinajstić information content (AvgIpc) is 1.85. The van der Waals surface area contributed by atoms with Crippen LogP contribution in [0.3, 0.4) is 0 Å². The topological polar surface area (TPSA) is 64.3 Å². The number of rotatable bonds is 3. The molecule has 0 bridgehead atoms. The minimum atomic E-state index is -1.89. The molecule has 0 aliphatic carbocycles. The Hall–Kier alpha value is -0.813. The van der Waals surface area contributed by atoms with E-state index in [0.717, 1.165) is 0 Å². The van der Waals surface area contributed by atoms with Crippen LogP contribution in [0.2, 0.25) is 13.1 Å². The molecule has 0 aliphatic rings. The molecule has 5 heteroatoms. The Bertz CT molecular complexity index is 147. The van der Waals surface area contributed by atoms with Crippen LogP contribution >= 0.6 is 0 Å². The van der Waals surface area contributed by atoms with Crippen molar-refractivity contribution >= 4 is 14.3 Å². The molecule has 0 heterocycles. The lowest BCUT2D eigenvalue weighted by Crippen LogP contribution is -2.40. The average molecular weight is 160 g/mol. The first-order chi connectivity index (χ1) is 4.48. The summed E-state index contributed by atoms with van der Waals surface area (Å²) in [5.74, 6) is 0. The maximum absolute atomic E-state index is 10.1. The molecular formula is C5H12N2O2Si. The van der Waals surface area contributed by atoms with Crippen LogP contribution in [0.1, 0.15) is 0 Å². The monoisotopic (exact) mass is 160 g/mol. The SMILES string of the molecule is C=C[Si](C)(C)ONC(N)=O. The van der Waals surface area contributed by atoms with Crippen molar-refractivity contribution in [3.05, 3.63) is 12.3 Å². The zero-order valence-electron chi connectivity index (χ0n) is 6.18. The van der Waals surface area contributed by atoms with Gasteiger partial charge in [-0.05, 0) is 13.1 Å². The molecule has 0 saturated heterocycles. The molecule has 0 aliphatic heterocycles. The number of hydroxylamine groups is 1. The summed E-state index contributed by atoms with van der Waals surface area (Å²) in [5, 5.41) is 0. The second-order valence-electron chi connectivity index (χ2n) is 2.38. The fraction of sp³-hybridized carbons (Fsp3) is 0.400. The Kier molecular flexibility index (Phi) is 3.10. The molecule has 0 atom stereocenters. The third kappa shape index (κ3) is 4.10. The lowest BCUT2D eigenvalue weighted by Gasteiger charge is -2.16. The summed E-state index contributed by atoms with van der Waals surface area (Å²) in [7, 11) is -1.89. The zero-order valence-corrected chi connectivity index (χ0v) is 7.18. The third-order valence-corrected chi connectivity index (χ3v) is 2.52. The van der Waals surface area contributed by atoms with Crippen LogP contribution in [-0.2, 0) is 4.53 Å². The Morgan fingerprint density at radius 1 is 1.80 bits per heavy atom. The van der Waals surface area contributed by atoms with Crippen molar-refractivity contribution in [2.75, 3.05) is 0 Å². The van der Waals surface area contributed by atoms with E-state index in [1.54, 1.807) is 5.70 Å². The highest BCUT2D eigenvalue weighted by molar-refractivity contribution is 6.76. The van der Waals surface area contributed by atoms with E-state index in [1.165, 1.54) is 0 Å². The number of carbonyl (C=O) groups excluding carboxylic acids is 1. The van der Waals surface area contributed by atoms with Gasteiger partial charge in [0.2, 0.25) is 8.32 Å². The molecule has 0 spiro atoms. The molecule has 0 aromatic carbocycles. The molecule has 10 heavy (non-hydrogen) atoms. The predicted octanol–water partition coefficient (Wildman–Crippen LogP) is 0.517. The molecule has 0 fully saturated rings. The Balaban J connectivity index is 3.67. The zero-order chi connectivity index (χ0) is 8.20. The van der Waals surface area contributed by atoms with E-state index < -0.39 is 14.3 Å². The number of nitrogens with two attached hydrogens (primary N) is 1. The molecule has 0 unspecified atom stereocenters. The van der Waals surface area contributed by atoms with Crippen LogP contribution in [0.4, 0.5) is 4.79 Å². The van der Waals surface area contributed by atoms with Gasteiger partial charge in [-0.1, -0.05) is 5.70 Å². The van der Waals surface area contributed by atoms with E-state index >= 15 is 0 Å². The molecule has 0 saturated carbocycles. The van der Waals surface area contributed by atoms with Gasteiger partial charge >= 0.3 is 6.03 Å². The van der Waals surface area contributed by atoms with Crippen LogP contribution in [0.15, 0.2) is 12.3 Å². The molecule has 0 radical (unpaired) electrons. The highest BCUT2D eigenvalue weighted by atomic mass is 28.4. The van der Waals surface area contributed by atoms with E-state index in [9.17, 15) is 4.79 Å². The predicted molar refractivity (Wildman–Crippen MR) is 41.5 cm³/mol. The number of carbonyl (C=O) groups is 1. The summed E-state index contributed by atoms with van der Waals surface area (Å²) in [5.41, 5.74) is 8.53. The van der Waals surface area contributed by atoms with Gasteiger partial charge in [-0.25, -0.2) is 10.3 Å². The van der Waals surface area contributed by atoms with Crippen LogP contribution < -0.4 is 11.2 Å². The Morgan fingerprint density at radius 3 is 2.60 bits per heavy atom. The smallest absolute Gasteiger partial charge is 0.335 e. The largest absolute Gasteiger partial charge is 0.350 e. The van der Waals surface area contributed by atoms with Crippen molar-refractivity contribution in [2.45, 2.75) is 13.1 Å². The first-order valence-electron chi connectivity index (χ1n) is 2.85. The van der Waals surface area contributed by atoms with Gasteiger partial charge < -0.3 is 10.3 Å². The first-order valence-corrected chi connectivity index (χ1v) is 5.83. The van der Waals surface area contributed by atoms with Crippen LogP contribution in [0, 0.1) is 0 Å². The van der Waals surface area contributed by atoms with Crippen molar-refractivity contribution in [2.24, 2.45) is 5.73 Å². The van der Waals surface area contributed by atoms with Gasteiger partial charge in [-0.3, -0.25) is 0 Å².